The highest BCUT2D eigenvalue weighted by Gasteiger charge is 2.43. The van der Waals surface area contributed by atoms with Gasteiger partial charge in [-0.25, -0.2) is 4.68 Å². The zero-order chi connectivity index (χ0) is 12.8. The van der Waals surface area contributed by atoms with Crippen molar-refractivity contribution < 1.29 is 9.53 Å². The number of hydrogen-bond acceptors (Lipinski definition) is 3. The molecule has 94 valence electrons. The van der Waals surface area contributed by atoms with Gasteiger partial charge in [-0.1, -0.05) is 0 Å². The highest BCUT2D eigenvalue weighted by Crippen LogP contribution is 2.41. The first-order valence-corrected chi connectivity index (χ1v) is 5.75. The van der Waals surface area contributed by atoms with Gasteiger partial charge in [-0.15, -0.1) is 0 Å². The maximum Gasteiger partial charge on any atom is 0.221 e. The van der Waals surface area contributed by atoms with Crippen molar-refractivity contribution in [1.29, 1.82) is 0 Å². The van der Waals surface area contributed by atoms with E-state index in [0.717, 1.165) is 17.1 Å². The Morgan fingerprint density at radius 3 is 2.65 bits per heavy atom. The Labute approximate surface area is 101 Å². The summed E-state index contributed by atoms with van der Waals surface area (Å²) < 4.78 is 7.13. The molecule has 2 heterocycles. The van der Waals surface area contributed by atoms with Crippen LogP contribution in [0.5, 0.6) is 5.88 Å². The molecular weight excluding hydrogens is 218 g/mol. The lowest BCUT2D eigenvalue weighted by atomic mass is 9.83. The summed E-state index contributed by atoms with van der Waals surface area (Å²) in [7, 11) is 3.49. The summed E-state index contributed by atoms with van der Waals surface area (Å²) in [6.07, 6.45) is 0.496. The van der Waals surface area contributed by atoms with Crippen molar-refractivity contribution in [3.05, 3.63) is 11.3 Å². The summed E-state index contributed by atoms with van der Waals surface area (Å²) >= 11 is 0. The smallest absolute Gasteiger partial charge is 0.221 e. The predicted molar refractivity (Wildman–Crippen MR) is 64.1 cm³/mol. The van der Waals surface area contributed by atoms with Crippen molar-refractivity contribution in [3.8, 4) is 5.88 Å². The summed E-state index contributed by atoms with van der Waals surface area (Å²) in [4.78, 5) is 11.6. The van der Waals surface area contributed by atoms with Gasteiger partial charge in [0.1, 0.15) is 0 Å². The van der Waals surface area contributed by atoms with Crippen molar-refractivity contribution in [2.45, 2.75) is 38.6 Å². The lowest BCUT2D eigenvalue weighted by Gasteiger charge is -2.26. The number of nitrogens with one attached hydrogen (secondary N) is 1. The van der Waals surface area contributed by atoms with Crippen LogP contribution >= 0.6 is 0 Å². The van der Waals surface area contributed by atoms with Gasteiger partial charge in [0.15, 0.2) is 0 Å². The second-order valence-electron chi connectivity index (χ2n) is 5.16. The second kappa shape index (κ2) is 3.75. The first-order chi connectivity index (χ1) is 7.86. The fraction of sp³-hybridized carbons (Fsp3) is 0.667. The predicted octanol–water partition coefficient (Wildman–Crippen LogP) is 1.12. The van der Waals surface area contributed by atoms with E-state index in [1.54, 1.807) is 11.8 Å². The molecule has 0 spiro atoms. The van der Waals surface area contributed by atoms with E-state index in [-0.39, 0.29) is 17.4 Å². The van der Waals surface area contributed by atoms with Gasteiger partial charge in [0, 0.05) is 30.5 Å². The summed E-state index contributed by atoms with van der Waals surface area (Å²) in [6.45, 7) is 6.03. The summed E-state index contributed by atoms with van der Waals surface area (Å²) in [5, 5.41) is 7.37. The van der Waals surface area contributed by atoms with E-state index in [2.05, 4.69) is 10.4 Å². The summed E-state index contributed by atoms with van der Waals surface area (Å²) in [6, 6.07) is 0. The molecule has 1 atom stereocenters. The Hall–Kier alpha value is -1.52. The molecule has 1 aliphatic rings. The van der Waals surface area contributed by atoms with Crippen LogP contribution in [0.4, 0.5) is 0 Å². The molecule has 1 aromatic rings. The van der Waals surface area contributed by atoms with E-state index in [1.165, 1.54) is 0 Å². The number of methoxy groups -OCH3 is 1. The van der Waals surface area contributed by atoms with Crippen LogP contribution in [0, 0.1) is 6.92 Å². The van der Waals surface area contributed by atoms with Crippen LogP contribution in [0.2, 0.25) is 0 Å². The number of aromatic nitrogens is 2. The van der Waals surface area contributed by atoms with E-state index >= 15 is 0 Å². The zero-order valence-corrected chi connectivity index (χ0v) is 11.0. The number of rotatable bonds is 2. The molecular formula is C12H19N3O2. The molecule has 1 unspecified atom stereocenters. The van der Waals surface area contributed by atoms with E-state index in [4.69, 9.17) is 4.74 Å². The highest BCUT2D eigenvalue weighted by molar-refractivity contribution is 5.81. The van der Waals surface area contributed by atoms with Gasteiger partial charge < -0.3 is 10.1 Å². The maximum absolute atomic E-state index is 11.6. The molecule has 1 aromatic heterocycles. The average Bonchev–Trinajstić information content (AvgIpc) is 2.61. The fourth-order valence-electron chi connectivity index (χ4n) is 2.70. The van der Waals surface area contributed by atoms with Crippen molar-refractivity contribution >= 4 is 5.91 Å². The lowest BCUT2D eigenvalue weighted by molar-refractivity contribution is -0.119. The van der Waals surface area contributed by atoms with E-state index in [0.29, 0.717) is 6.42 Å². The van der Waals surface area contributed by atoms with E-state index in [9.17, 15) is 4.79 Å². The molecule has 17 heavy (non-hydrogen) atoms. The highest BCUT2D eigenvalue weighted by atomic mass is 16.5. The maximum atomic E-state index is 11.6. The Morgan fingerprint density at radius 2 is 2.18 bits per heavy atom. The average molecular weight is 237 g/mol. The number of carbonyl (C=O) groups is 1. The van der Waals surface area contributed by atoms with Crippen LogP contribution < -0.4 is 10.1 Å². The SMILES string of the molecule is COc1c(C2CC(=O)NC2(C)C)c(C)nn1C. The van der Waals surface area contributed by atoms with Gasteiger partial charge in [0.2, 0.25) is 11.8 Å². The van der Waals surface area contributed by atoms with Crippen LogP contribution in [0.15, 0.2) is 0 Å². The quantitative estimate of drug-likeness (QED) is 0.838. The third-order valence-corrected chi connectivity index (χ3v) is 3.48. The van der Waals surface area contributed by atoms with Gasteiger partial charge in [-0.2, -0.15) is 5.10 Å². The lowest BCUT2D eigenvalue weighted by Crippen LogP contribution is -2.38. The zero-order valence-electron chi connectivity index (χ0n) is 11.0. The number of ether oxygens (including phenoxy) is 1. The largest absolute Gasteiger partial charge is 0.481 e. The minimum absolute atomic E-state index is 0.0882. The number of nitrogens with zero attached hydrogens (tertiary/aromatic N) is 2. The third kappa shape index (κ3) is 1.79. The van der Waals surface area contributed by atoms with Crippen molar-refractivity contribution in [3.63, 3.8) is 0 Å². The second-order valence-corrected chi connectivity index (χ2v) is 5.16. The number of hydrogen-bond donors (Lipinski definition) is 1. The Balaban J connectivity index is 2.50. The minimum Gasteiger partial charge on any atom is -0.481 e. The minimum atomic E-state index is -0.252. The van der Waals surface area contributed by atoms with Crippen molar-refractivity contribution in [2.75, 3.05) is 7.11 Å². The normalized spacial score (nSPS) is 22.6. The van der Waals surface area contributed by atoms with Gasteiger partial charge in [-0.05, 0) is 20.8 Å². The van der Waals surface area contributed by atoms with Gasteiger partial charge >= 0.3 is 0 Å². The van der Waals surface area contributed by atoms with Crippen molar-refractivity contribution in [1.82, 2.24) is 15.1 Å². The van der Waals surface area contributed by atoms with E-state index in [1.807, 2.05) is 27.8 Å². The first kappa shape index (κ1) is 12.0. The molecule has 2 rings (SSSR count). The Bertz CT molecular complexity index is 463. The van der Waals surface area contributed by atoms with Crippen LogP contribution in [-0.2, 0) is 11.8 Å². The van der Waals surface area contributed by atoms with Crippen LogP contribution in [0.3, 0.4) is 0 Å². The number of amides is 1. The Kier molecular flexibility index (Phi) is 2.64. The number of aryl methyl sites for hydroxylation is 2. The molecule has 1 aliphatic heterocycles. The molecule has 0 aromatic carbocycles. The molecule has 0 radical (unpaired) electrons. The van der Waals surface area contributed by atoms with Crippen LogP contribution in [-0.4, -0.2) is 28.3 Å². The molecule has 0 saturated carbocycles. The summed E-state index contributed by atoms with van der Waals surface area (Å²) in [5.74, 6) is 0.945. The number of carbonyl (C=O) groups excluding carboxylic acids is 1. The van der Waals surface area contributed by atoms with Crippen LogP contribution in [0.1, 0.15) is 37.4 Å². The van der Waals surface area contributed by atoms with E-state index < -0.39 is 0 Å². The van der Waals surface area contributed by atoms with Gasteiger partial charge in [0.25, 0.3) is 0 Å². The van der Waals surface area contributed by atoms with Gasteiger partial charge in [-0.3, -0.25) is 4.79 Å². The summed E-state index contributed by atoms with van der Waals surface area (Å²) in [5.41, 5.74) is 1.72. The third-order valence-electron chi connectivity index (χ3n) is 3.48. The molecule has 0 bridgehead atoms. The molecule has 1 N–H and O–H groups in total. The molecule has 1 amide bonds. The Morgan fingerprint density at radius 1 is 1.53 bits per heavy atom. The molecule has 0 aliphatic carbocycles. The molecule has 5 nitrogen and oxygen atoms in total. The standard InChI is InChI=1S/C12H19N3O2/c1-7-10(11(17-5)15(4)14-7)8-6-9(16)13-12(8,2)3/h8H,6H2,1-5H3,(H,13,16). The first-order valence-electron chi connectivity index (χ1n) is 5.75. The van der Waals surface area contributed by atoms with Crippen molar-refractivity contribution in [2.24, 2.45) is 7.05 Å². The fourth-order valence-corrected chi connectivity index (χ4v) is 2.70. The van der Waals surface area contributed by atoms with Crippen LogP contribution in [0.25, 0.3) is 0 Å². The molecule has 1 saturated heterocycles. The molecule has 1 fully saturated rings. The monoisotopic (exact) mass is 237 g/mol. The van der Waals surface area contributed by atoms with Gasteiger partial charge in [0.05, 0.1) is 12.8 Å². The molecule has 5 heteroatoms. The topological polar surface area (TPSA) is 56.1 Å².